The standard InChI is InChI=1S/C17H17F2N3OS/c18-12-2-1-3-13(19)15(12)17-22-14(8-24-17)16(23)21-11-6-9-4-5-10(7-11)20-9/h1-3,8-11,20H,4-7H2,(H,21,23). The molecule has 1 aromatic heterocycles. The van der Waals surface area contributed by atoms with Crippen LogP contribution in [-0.4, -0.2) is 29.0 Å². The summed E-state index contributed by atoms with van der Waals surface area (Å²) in [4.78, 5) is 16.5. The maximum atomic E-state index is 13.8. The van der Waals surface area contributed by atoms with Crippen molar-refractivity contribution in [3.05, 3.63) is 40.9 Å². The van der Waals surface area contributed by atoms with Crippen molar-refractivity contribution in [3.63, 3.8) is 0 Å². The van der Waals surface area contributed by atoms with Crippen LogP contribution in [0.5, 0.6) is 0 Å². The van der Waals surface area contributed by atoms with E-state index in [9.17, 15) is 13.6 Å². The Hall–Kier alpha value is -1.86. The summed E-state index contributed by atoms with van der Waals surface area (Å²) in [5.74, 6) is -1.63. The first-order chi connectivity index (χ1) is 11.6. The van der Waals surface area contributed by atoms with Crippen LogP contribution in [0.4, 0.5) is 8.78 Å². The van der Waals surface area contributed by atoms with Gasteiger partial charge < -0.3 is 10.6 Å². The molecule has 2 aliphatic heterocycles. The molecule has 2 aromatic rings. The van der Waals surface area contributed by atoms with Crippen molar-refractivity contribution in [2.75, 3.05) is 0 Å². The molecule has 4 nitrogen and oxygen atoms in total. The van der Waals surface area contributed by atoms with E-state index in [1.165, 1.54) is 18.2 Å². The van der Waals surface area contributed by atoms with Gasteiger partial charge in [0.2, 0.25) is 0 Å². The highest BCUT2D eigenvalue weighted by molar-refractivity contribution is 7.13. The van der Waals surface area contributed by atoms with Gasteiger partial charge in [-0.15, -0.1) is 11.3 Å². The second kappa shape index (κ2) is 6.22. The van der Waals surface area contributed by atoms with Gasteiger partial charge in [-0.1, -0.05) is 6.07 Å². The summed E-state index contributed by atoms with van der Waals surface area (Å²) in [5, 5.41) is 8.26. The summed E-state index contributed by atoms with van der Waals surface area (Å²) in [6.07, 6.45) is 4.15. The van der Waals surface area contributed by atoms with Crippen molar-refractivity contribution < 1.29 is 13.6 Å². The Kier molecular flexibility index (Phi) is 4.05. The van der Waals surface area contributed by atoms with E-state index < -0.39 is 11.6 Å². The Morgan fingerprint density at radius 1 is 1.21 bits per heavy atom. The number of nitrogens with zero attached hydrogens (tertiary/aromatic N) is 1. The average Bonchev–Trinajstić information content (AvgIpc) is 3.14. The fraction of sp³-hybridized carbons (Fsp3) is 0.412. The van der Waals surface area contributed by atoms with Gasteiger partial charge in [0.15, 0.2) is 0 Å². The largest absolute Gasteiger partial charge is 0.348 e. The zero-order chi connectivity index (χ0) is 16.7. The molecule has 126 valence electrons. The molecule has 3 heterocycles. The number of benzene rings is 1. The number of carbonyl (C=O) groups excluding carboxylic acids is 1. The van der Waals surface area contributed by atoms with Crippen molar-refractivity contribution in [2.24, 2.45) is 0 Å². The molecule has 2 atom stereocenters. The van der Waals surface area contributed by atoms with Gasteiger partial charge in [0.05, 0.1) is 5.56 Å². The van der Waals surface area contributed by atoms with E-state index in [1.807, 2.05) is 0 Å². The Morgan fingerprint density at radius 3 is 2.54 bits per heavy atom. The molecule has 2 aliphatic rings. The maximum Gasteiger partial charge on any atom is 0.270 e. The maximum absolute atomic E-state index is 13.8. The molecular formula is C17H17F2N3OS. The number of halogens is 2. The number of thiazole rings is 1. The second-order valence-corrected chi connectivity index (χ2v) is 7.27. The number of carbonyl (C=O) groups is 1. The third kappa shape index (κ3) is 2.93. The lowest BCUT2D eigenvalue weighted by atomic mass is 10.00. The van der Waals surface area contributed by atoms with Gasteiger partial charge in [-0.25, -0.2) is 13.8 Å². The lowest BCUT2D eigenvalue weighted by Gasteiger charge is -2.29. The topological polar surface area (TPSA) is 54.0 Å². The summed E-state index contributed by atoms with van der Waals surface area (Å²) in [5.41, 5.74) is 0.0324. The van der Waals surface area contributed by atoms with Crippen LogP contribution in [0.25, 0.3) is 10.6 Å². The fourth-order valence-corrected chi connectivity index (χ4v) is 4.48. The zero-order valence-electron chi connectivity index (χ0n) is 12.9. The molecule has 0 saturated carbocycles. The number of rotatable bonds is 3. The van der Waals surface area contributed by atoms with Crippen LogP contribution >= 0.6 is 11.3 Å². The Labute approximate surface area is 142 Å². The molecule has 1 amide bonds. The molecule has 1 aromatic carbocycles. The van der Waals surface area contributed by atoms with E-state index in [4.69, 9.17) is 0 Å². The van der Waals surface area contributed by atoms with Gasteiger partial charge in [-0.3, -0.25) is 4.79 Å². The smallest absolute Gasteiger partial charge is 0.270 e. The Morgan fingerprint density at radius 2 is 1.88 bits per heavy atom. The number of nitrogens with one attached hydrogen (secondary N) is 2. The van der Waals surface area contributed by atoms with Crippen molar-refractivity contribution >= 4 is 17.2 Å². The monoisotopic (exact) mass is 349 g/mol. The number of hydrogen-bond donors (Lipinski definition) is 2. The van der Waals surface area contributed by atoms with E-state index >= 15 is 0 Å². The van der Waals surface area contributed by atoms with Gasteiger partial charge >= 0.3 is 0 Å². The predicted molar refractivity (Wildman–Crippen MR) is 87.9 cm³/mol. The van der Waals surface area contributed by atoms with Crippen LogP contribution in [0, 0.1) is 11.6 Å². The molecule has 2 N–H and O–H groups in total. The molecule has 2 bridgehead atoms. The Balaban J connectivity index is 1.49. The first-order valence-corrected chi connectivity index (χ1v) is 8.95. The third-order valence-corrected chi connectivity index (χ3v) is 5.58. The van der Waals surface area contributed by atoms with Gasteiger partial charge in [-0.05, 0) is 37.8 Å². The second-order valence-electron chi connectivity index (χ2n) is 6.41. The number of fused-ring (bicyclic) bond motifs is 2. The van der Waals surface area contributed by atoms with E-state index in [0.717, 1.165) is 37.0 Å². The molecule has 0 radical (unpaired) electrons. The normalized spacial score (nSPS) is 25.7. The highest BCUT2D eigenvalue weighted by atomic mass is 32.1. The van der Waals surface area contributed by atoms with E-state index in [-0.39, 0.29) is 28.2 Å². The summed E-state index contributed by atoms with van der Waals surface area (Å²) >= 11 is 1.07. The highest BCUT2D eigenvalue weighted by Crippen LogP contribution is 2.30. The lowest BCUT2D eigenvalue weighted by Crippen LogP contribution is -2.48. The van der Waals surface area contributed by atoms with Crippen molar-refractivity contribution in [1.82, 2.24) is 15.6 Å². The number of hydrogen-bond acceptors (Lipinski definition) is 4. The van der Waals surface area contributed by atoms with Gasteiger partial charge in [0.25, 0.3) is 5.91 Å². The van der Waals surface area contributed by atoms with E-state index in [1.54, 1.807) is 5.38 Å². The van der Waals surface area contributed by atoms with E-state index in [2.05, 4.69) is 15.6 Å². The number of amides is 1. The lowest BCUT2D eigenvalue weighted by molar-refractivity contribution is 0.0919. The molecule has 0 spiro atoms. The third-order valence-electron chi connectivity index (χ3n) is 4.72. The van der Waals surface area contributed by atoms with Crippen molar-refractivity contribution in [3.8, 4) is 10.6 Å². The molecule has 2 fully saturated rings. The minimum absolute atomic E-state index is 0.131. The van der Waals surface area contributed by atoms with Crippen molar-refractivity contribution in [1.29, 1.82) is 0 Å². The molecule has 2 saturated heterocycles. The molecule has 24 heavy (non-hydrogen) atoms. The van der Waals surface area contributed by atoms with Gasteiger partial charge in [-0.2, -0.15) is 0 Å². The van der Waals surface area contributed by atoms with Crippen molar-refractivity contribution in [2.45, 2.75) is 43.8 Å². The fourth-order valence-electron chi connectivity index (χ4n) is 3.63. The van der Waals surface area contributed by atoms with Gasteiger partial charge in [0.1, 0.15) is 22.3 Å². The van der Waals surface area contributed by atoms with E-state index in [0.29, 0.717) is 12.1 Å². The van der Waals surface area contributed by atoms with Crippen LogP contribution in [0.1, 0.15) is 36.2 Å². The molecule has 2 unspecified atom stereocenters. The van der Waals surface area contributed by atoms with Crippen LogP contribution in [-0.2, 0) is 0 Å². The molecule has 4 rings (SSSR count). The summed E-state index contributed by atoms with van der Waals surface area (Å²) < 4.78 is 27.7. The van der Waals surface area contributed by atoms with Crippen LogP contribution in [0.15, 0.2) is 23.6 Å². The quantitative estimate of drug-likeness (QED) is 0.895. The predicted octanol–water partition coefficient (Wildman–Crippen LogP) is 3.10. The SMILES string of the molecule is O=C(NC1CC2CCC(C1)N2)c1csc(-c2c(F)cccc2F)n1. The summed E-state index contributed by atoms with van der Waals surface area (Å²) in [6.45, 7) is 0. The number of piperidine rings is 1. The van der Waals surface area contributed by atoms with Gasteiger partial charge in [0, 0.05) is 23.5 Å². The summed E-state index contributed by atoms with van der Waals surface area (Å²) in [6, 6.07) is 4.77. The summed E-state index contributed by atoms with van der Waals surface area (Å²) in [7, 11) is 0. The average molecular weight is 349 g/mol. The first-order valence-electron chi connectivity index (χ1n) is 8.07. The highest BCUT2D eigenvalue weighted by Gasteiger charge is 2.34. The van der Waals surface area contributed by atoms with Crippen LogP contribution in [0.2, 0.25) is 0 Å². The first kappa shape index (κ1) is 15.7. The minimum atomic E-state index is -0.675. The zero-order valence-corrected chi connectivity index (χ0v) is 13.7. The number of aromatic nitrogens is 1. The molecule has 7 heteroatoms. The minimum Gasteiger partial charge on any atom is -0.348 e. The van der Waals surface area contributed by atoms with Crippen LogP contribution < -0.4 is 10.6 Å². The molecular weight excluding hydrogens is 332 g/mol. The molecule has 0 aliphatic carbocycles. The Bertz CT molecular complexity index is 747. The van der Waals surface area contributed by atoms with Crippen LogP contribution in [0.3, 0.4) is 0 Å².